The molecule has 1 amide bonds. The highest BCUT2D eigenvalue weighted by Crippen LogP contribution is 2.55. The number of nitrogens with zero attached hydrogens (tertiary/aromatic N) is 2. The van der Waals surface area contributed by atoms with Crippen molar-refractivity contribution >= 4 is 23.4 Å². The van der Waals surface area contributed by atoms with Crippen LogP contribution in [0.15, 0.2) is 77.7 Å². The molecule has 3 atom stereocenters. The minimum Gasteiger partial charge on any atom is -0.497 e. The van der Waals surface area contributed by atoms with Gasteiger partial charge in [0.2, 0.25) is 0 Å². The molecule has 0 N–H and O–H groups in total. The standard InChI is InChI=1S/C34H42N2O3S/c1-25-12-10-13-26(2)35(25)22-8-5-9-23-36-31-16-6-7-17-32(31)40-34(33(36)37,27-18-20-29(38-3)21-19-27)28-14-11-15-30(24-28)39-4/h6-7,11,14-21,24-26H,5,8-10,12-13,22-23H2,1-4H3. The molecule has 212 valence electrons. The van der Waals surface area contributed by atoms with Gasteiger partial charge in [0.25, 0.3) is 5.91 Å². The van der Waals surface area contributed by atoms with Crippen molar-refractivity contribution in [2.45, 2.75) is 74.1 Å². The lowest BCUT2D eigenvalue weighted by atomic mass is 9.87. The topological polar surface area (TPSA) is 42.0 Å². The van der Waals surface area contributed by atoms with Crippen molar-refractivity contribution < 1.29 is 14.3 Å². The van der Waals surface area contributed by atoms with Gasteiger partial charge in [-0.25, -0.2) is 0 Å². The molecule has 0 spiro atoms. The van der Waals surface area contributed by atoms with Crippen molar-refractivity contribution in [3.8, 4) is 11.5 Å². The number of carbonyl (C=O) groups is 1. The van der Waals surface area contributed by atoms with Gasteiger partial charge in [0, 0.05) is 23.5 Å². The molecular weight excluding hydrogens is 516 g/mol. The van der Waals surface area contributed by atoms with Gasteiger partial charge in [-0.1, -0.05) is 61.0 Å². The second-order valence-electron chi connectivity index (χ2n) is 11.1. The average molecular weight is 559 g/mol. The Morgan fingerprint density at radius 1 is 0.800 bits per heavy atom. The predicted octanol–water partition coefficient (Wildman–Crippen LogP) is 7.52. The number of carbonyl (C=O) groups excluding carboxylic acids is 1. The number of rotatable bonds is 10. The SMILES string of the molecule is COc1ccc(C2(c3cccc(OC)c3)Sc3ccccc3N(CCCCCN3C(C)CCCC3C)C2=O)cc1. The summed E-state index contributed by atoms with van der Waals surface area (Å²) in [5.41, 5.74) is 2.85. The molecule has 3 unspecified atom stereocenters. The summed E-state index contributed by atoms with van der Waals surface area (Å²) in [6, 6.07) is 25.5. The zero-order chi connectivity index (χ0) is 28.1. The highest BCUT2D eigenvalue weighted by molar-refractivity contribution is 8.01. The van der Waals surface area contributed by atoms with Crippen LogP contribution >= 0.6 is 11.8 Å². The molecule has 5 nitrogen and oxygen atoms in total. The Balaban J connectivity index is 1.44. The number of ether oxygens (including phenoxy) is 2. The fourth-order valence-corrected chi connectivity index (χ4v) is 7.81. The molecule has 40 heavy (non-hydrogen) atoms. The molecule has 6 heteroatoms. The van der Waals surface area contributed by atoms with E-state index in [9.17, 15) is 4.79 Å². The van der Waals surface area contributed by atoms with E-state index in [1.165, 1.54) is 19.3 Å². The molecule has 2 aliphatic heterocycles. The van der Waals surface area contributed by atoms with Crippen LogP contribution in [0.4, 0.5) is 5.69 Å². The van der Waals surface area contributed by atoms with Gasteiger partial charge in [0.15, 0.2) is 0 Å². The third kappa shape index (κ3) is 5.61. The zero-order valence-corrected chi connectivity index (χ0v) is 25.1. The van der Waals surface area contributed by atoms with Crippen molar-refractivity contribution in [1.82, 2.24) is 4.90 Å². The molecule has 0 aliphatic carbocycles. The summed E-state index contributed by atoms with van der Waals surface area (Å²) in [6.07, 6.45) is 7.18. The van der Waals surface area contributed by atoms with Crippen LogP contribution in [-0.2, 0) is 9.54 Å². The van der Waals surface area contributed by atoms with E-state index in [4.69, 9.17) is 9.47 Å². The van der Waals surface area contributed by atoms with E-state index in [0.717, 1.165) is 59.0 Å². The Morgan fingerprint density at radius 3 is 2.23 bits per heavy atom. The quantitative estimate of drug-likeness (QED) is 0.241. The molecule has 0 saturated carbocycles. The van der Waals surface area contributed by atoms with Crippen molar-refractivity contribution in [2.24, 2.45) is 0 Å². The summed E-state index contributed by atoms with van der Waals surface area (Å²) in [4.78, 5) is 20.6. The number of hydrogen-bond acceptors (Lipinski definition) is 5. The fraction of sp³-hybridized carbons (Fsp3) is 0.441. The number of thioether (sulfide) groups is 1. The van der Waals surface area contributed by atoms with Crippen molar-refractivity contribution in [3.63, 3.8) is 0 Å². The third-order valence-electron chi connectivity index (χ3n) is 8.61. The number of hydrogen-bond donors (Lipinski definition) is 0. The fourth-order valence-electron chi connectivity index (χ4n) is 6.35. The van der Waals surface area contributed by atoms with Crippen molar-refractivity contribution in [3.05, 3.63) is 83.9 Å². The maximum atomic E-state index is 14.8. The molecule has 1 saturated heterocycles. The number of methoxy groups -OCH3 is 2. The van der Waals surface area contributed by atoms with Gasteiger partial charge in [-0.3, -0.25) is 9.69 Å². The number of para-hydroxylation sites is 1. The van der Waals surface area contributed by atoms with E-state index in [1.807, 2.05) is 59.5 Å². The Morgan fingerprint density at radius 2 is 1.50 bits per heavy atom. The van der Waals surface area contributed by atoms with Crippen LogP contribution in [0.1, 0.15) is 63.5 Å². The first-order valence-electron chi connectivity index (χ1n) is 14.6. The number of amides is 1. The maximum Gasteiger partial charge on any atom is 0.252 e. The van der Waals surface area contributed by atoms with Gasteiger partial charge in [-0.2, -0.15) is 0 Å². The van der Waals surface area contributed by atoms with E-state index < -0.39 is 4.75 Å². The molecule has 0 bridgehead atoms. The maximum absolute atomic E-state index is 14.8. The predicted molar refractivity (Wildman–Crippen MR) is 165 cm³/mol. The van der Waals surface area contributed by atoms with Crippen molar-refractivity contribution in [1.29, 1.82) is 0 Å². The smallest absolute Gasteiger partial charge is 0.252 e. The van der Waals surface area contributed by atoms with E-state index in [-0.39, 0.29) is 5.91 Å². The number of anilines is 1. The normalized spacial score (nSPS) is 23.1. The van der Waals surface area contributed by atoms with Crippen LogP contribution in [0.5, 0.6) is 11.5 Å². The summed E-state index contributed by atoms with van der Waals surface area (Å²) < 4.78 is 10.1. The van der Waals surface area contributed by atoms with Gasteiger partial charge in [0.1, 0.15) is 16.2 Å². The monoisotopic (exact) mass is 558 g/mol. The molecule has 1 fully saturated rings. The van der Waals surface area contributed by atoms with E-state index in [2.05, 4.69) is 36.9 Å². The first-order valence-corrected chi connectivity index (χ1v) is 15.4. The van der Waals surface area contributed by atoms with Gasteiger partial charge in [-0.05, 0) is 93.6 Å². The number of likely N-dealkylation sites (tertiary alicyclic amines) is 1. The summed E-state index contributed by atoms with van der Waals surface area (Å²) in [7, 11) is 3.33. The largest absolute Gasteiger partial charge is 0.497 e. The lowest BCUT2D eigenvalue weighted by Crippen LogP contribution is -2.49. The Kier molecular flexibility index (Phi) is 9.07. The van der Waals surface area contributed by atoms with Crippen LogP contribution in [0.3, 0.4) is 0 Å². The number of unbranched alkanes of at least 4 members (excludes halogenated alkanes) is 2. The molecule has 3 aromatic rings. The summed E-state index contributed by atoms with van der Waals surface area (Å²) >= 11 is 1.62. The second kappa shape index (κ2) is 12.7. The third-order valence-corrected chi connectivity index (χ3v) is 10.1. The lowest BCUT2D eigenvalue weighted by molar-refractivity contribution is -0.120. The Bertz CT molecular complexity index is 1290. The van der Waals surface area contributed by atoms with Gasteiger partial charge in [-0.15, -0.1) is 0 Å². The van der Waals surface area contributed by atoms with Crippen LogP contribution < -0.4 is 14.4 Å². The lowest BCUT2D eigenvalue weighted by Gasteiger charge is -2.43. The summed E-state index contributed by atoms with van der Waals surface area (Å²) in [5, 5.41) is 0. The van der Waals surface area contributed by atoms with Gasteiger partial charge in [0.05, 0.1) is 19.9 Å². The van der Waals surface area contributed by atoms with E-state index in [0.29, 0.717) is 18.6 Å². The molecule has 0 aromatic heterocycles. The molecule has 3 aromatic carbocycles. The summed E-state index contributed by atoms with van der Waals surface area (Å²) in [5.74, 6) is 1.60. The number of benzene rings is 3. The van der Waals surface area contributed by atoms with E-state index in [1.54, 1.807) is 26.0 Å². The van der Waals surface area contributed by atoms with Crippen LogP contribution in [0.2, 0.25) is 0 Å². The minimum absolute atomic E-state index is 0.0906. The highest BCUT2D eigenvalue weighted by Gasteiger charge is 2.50. The van der Waals surface area contributed by atoms with Crippen LogP contribution in [0.25, 0.3) is 0 Å². The zero-order valence-electron chi connectivity index (χ0n) is 24.3. The Hall–Kier alpha value is -2.96. The second-order valence-corrected chi connectivity index (χ2v) is 12.4. The molecular formula is C34H42N2O3S. The molecule has 2 heterocycles. The van der Waals surface area contributed by atoms with Gasteiger partial charge < -0.3 is 14.4 Å². The molecule has 0 radical (unpaired) electrons. The average Bonchev–Trinajstić information content (AvgIpc) is 2.99. The molecule has 2 aliphatic rings. The van der Waals surface area contributed by atoms with E-state index >= 15 is 0 Å². The first-order chi connectivity index (χ1) is 19.5. The Labute approximate surface area is 243 Å². The summed E-state index contributed by atoms with van der Waals surface area (Å²) in [6.45, 7) is 6.58. The van der Waals surface area contributed by atoms with Gasteiger partial charge >= 0.3 is 0 Å². The van der Waals surface area contributed by atoms with Crippen molar-refractivity contribution in [2.75, 3.05) is 32.2 Å². The van der Waals surface area contributed by atoms with Crippen LogP contribution in [0, 0.1) is 0 Å². The highest BCUT2D eigenvalue weighted by atomic mass is 32.2. The molecule has 5 rings (SSSR count). The number of piperidine rings is 1. The first kappa shape index (κ1) is 28.6. The minimum atomic E-state index is -0.937. The number of fused-ring (bicyclic) bond motifs is 1. The van der Waals surface area contributed by atoms with Crippen LogP contribution in [-0.4, -0.2) is 50.2 Å².